The summed E-state index contributed by atoms with van der Waals surface area (Å²) in [4.78, 5) is 12.1. The van der Waals surface area contributed by atoms with Gasteiger partial charge in [-0.25, -0.2) is 0 Å². The number of anilines is 1. The number of phenolic OH excluding ortho intramolecular Hbond substituents is 1. The van der Waals surface area contributed by atoms with Gasteiger partial charge in [0.25, 0.3) is 5.91 Å². The number of benzene rings is 2. The Balaban J connectivity index is 2.34. The third kappa shape index (κ3) is 3.13. The number of carbonyl (C=O) groups excluding carboxylic acids is 1. The molecule has 1 amide bonds. The standard InChI is InChI=1S/C13H8Cl3NO2/c14-9-5-4-7(18)6-8(9)13(19)17-12-10(15)2-1-3-11(12)16/h1-6,18H,(H,17,19). The number of rotatable bonds is 2. The van der Waals surface area contributed by atoms with Gasteiger partial charge in [-0.1, -0.05) is 40.9 Å². The predicted octanol–water partition coefficient (Wildman–Crippen LogP) is 4.60. The van der Waals surface area contributed by atoms with Crippen LogP contribution in [-0.4, -0.2) is 11.0 Å². The number of carbonyl (C=O) groups is 1. The predicted molar refractivity (Wildman–Crippen MR) is 77.5 cm³/mol. The summed E-state index contributed by atoms with van der Waals surface area (Å²) < 4.78 is 0. The van der Waals surface area contributed by atoms with E-state index in [0.717, 1.165) is 0 Å². The topological polar surface area (TPSA) is 49.3 Å². The van der Waals surface area contributed by atoms with Crippen LogP contribution in [0.3, 0.4) is 0 Å². The van der Waals surface area contributed by atoms with E-state index in [0.29, 0.717) is 15.7 Å². The molecule has 3 nitrogen and oxygen atoms in total. The average Bonchev–Trinajstić information content (AvgIpc) is 2.37. The van der Waals surface area contributed by atoms with E-state index in [4.69, 9.17) is 34.8 Å². The van der Waals surface area contributed by atoms with Crippen LogP contribution in [0.1, 0.15) is 10.4 Å². The first kappa shape index (κ1) is 14.0. The highest BCUT2D eigenvalue weighted by atomic mass is 35.5. The number of hydrogen-bond acceptors (Lipinski definition) is 2. The Morgan fingerprint density at radius 1 is 1.00 bits per heavy atom. The summed E-state index contributed by atoms with van der Waals surface area (Å²) in [6, 6.07) is 8.96. The van der Waals surface area contributed by atoms with Gasteiger partial charge in [-0.05, 0) is 30.3 Å². The molecule has 0 saturated heterocycles. The van der Waals surface area contributed by atoms with Crippen LogP contribution in [0.25, 0.3) is 0 Å². The lowest BCUT2D eigenvalue weighted by atomic mass is 10.2. The molecule has 0 bridgehead atoms. The lowest BCUT2D eigenvalue weighted by Gasteiger charge is -2.10. The Morgan fingerprint density at radius 2 is 1.63 bits per heavy atom. The maximum atomic E-state index is 12.1. The average molecular weight is 317 g/mol. The zero-order valence-corrected chi connectivity index (χ0v) is 11.7. The molecule has 0 saturated carbocycles. The largest absolute Gasteiger partial charge is 0.508 e. The maximum Gasteiger partial charge on any atom is 0.257 e. The van der Waals surface area contributed by atoms with Crippen LogP contribution in [0.2, 0.25) is 15.1 Å². The van der Waals surface area contributed by atoms with Gasteiger partial charge in [0.15, 0.2) is 0 Å². The molecule has 0 aromatic heterocycles. The number of nitrogens with one attached hydrogen (secondary N) is 1. The maximum absolute atomic E-state index is 12.1. The van der Waals surface area contributed by atoms with Gasteiger partial charge < -0.3 is 10.4 Å². The lowest BCUT2D eigenvalue weighted by Crippen LogP contribution is -2.13. The highest BCUT2D eigenvalue weighted by Crippen LogP contribution is 2.31. The van der Waals surface area contributed by atoms with Gasteiger partial charge >= 0.3 is 0 Å². The highest BCUT2D eigenvalue weighted by Gasteiger charge is 2.14. The van der Waals surface area contributed by atoms with Crippen LogP contribution in [0.15, 0.2) is 36.4 Å². The molecule has 6 heteroatoms. The van der Waals surface area contributed by atoms with Crippen molar-refractivity contribution in [3.05, 3.63) is 57.0 Å². The molecule has 0 radical (unpaired) electrons. The van der Waals surface area contributed by atoms with Crippen molar-refractivity contribution in [2.75, 3.05) is 5.32 Å². The smallest absolute Gasteiger partial charge is 0.257 e. The molecule has 0 aliphatic carbocycles. The normalized spacial score (nSPS) is 10.3. The minimum Gasteiger partial charge on any atom is -0.508 e. The molecule has 0 aliphatic rings. The van der Waals surface area contributed by atoms with Crippen LogP contribution in [-0.2, 0) is 0 Å². The summed E-state index contributed by atoms with van der Waals surface area (Å²) in [5.74, 6) is -0.560. The monoisotopic (exact) mass is 315 g/mol. The van der Waals surface area contributed by atoms with Gasteiger partial charge in [-0.15, -0.1) is 0 Å². The Hall–Kier alpha value is -1.42. The van der Waals surface area contributed by atoms with Crippen LogP contribution < -0.4 is 5.32 Å². The first-order valence-electron chi connectivity index (χ1n) is 5.23. The Kier molecular flexibility index (Phi) is 4.20. The summed E-state index contributed by atoms with van der Waals surface area (Å²) in [5.41, 5.74) is 0.438. The van der Waals surface area contributed by atoms with Gasteiger partial charge in [-0.3, -0.25) is 4.79 Å². The number of hydrogen-bond donors (Lipinski definition) is 2. The van der Waals surface area contributed by atoms with E-state index < -0.39 is 5.91 Å². The Morgan fingerprint density at radius 3 is 2.26 bits per heavy atom. The van der Waals surface area contributed by atoms with E-state index in [1.54, 1.807) is 18.2 Å². The second-order valence-corrected chi connectivity index (χ2v) is 4.94. The fraction of sp³-hybridized carbons (Fsp3) is 0. The molecule has 98 valence electrons. The van der Waals surface area contributed by atoms with Crippen LogP contribution in [0.5, 0.6) is 5.75 Å². The highest BCUT2D eigenvalue weighted by molar-refractivity contribution is 6.40. The van der Waals surface area contributed by atoms with Crippen molar-refractivity contribution >= 4 is 46.4 Å². The van der Waals surface area contributed by atoms with Crippen molar-refractivity contribution in [2.24, 2.45) is 0 Å². The number of aromatic hydroxyl groups is 1. The molecule has 2 rings (SSSR count). The van der Waals surface area contributed by atoms with Crippen LogP contribution >= 0.6 is 34.8 Å². The molecule has 19 heavy (non-hydrogen) atoms. The van der Waals surface area contributed by atoms with Gasteiger partial charge in [0.1, 0.15) is 5.75 Å². The zero-order chi connectivity index (χ0) is 14.0. The van der Waals surface area contributed by atoms with E-state index in [2.05, 4.69) is 5.32 Å². The summed E-state index contributed by atoms with van der Waals surface area (Å²) in [5, 5.41) is 12.8. The van der Waals surface area contributed by atoms with E-state index in [1.807, 2.05) is 0 Å². The molecular weight excluding hydrogens is 309 g/mol. The third-order valence-corrected chi connectivity index (χ3v) is 3.36. The van der Waals surface area contributed by atoms with Crippen molar-refractivity contribution in [3.8, 4) is 5.75 Å². The molecule has 0 spiro atoms. The van der Waals surface area contributed by atoms with Crippen LogP contribution in [0.4, 0.5) is 5.69 Å². The minimum atomic E-state index is -0.504. The summed E-state index contributed by atoms with van der Waals surface area (Å²) in [6.07, 6.45) is 0. The molecule has 0 fully saturated rings. The Bertz CT molecular complexity index is 624. The Labute approximate surface area is 124 Å². The van der Waals surface area contributed by atoms with Crippen LogP contribution in [0, 0.1) is 0 Å². The quantitative estimate of drug-likeness (QED) is 0.850. The van der Waals surface area contributed by atoms with Gasteiger partial charge in [0.05, 0.1) is 26.3 Å². The second kappa shape index (κ2) is 5.70. The first-order valence-corrected chi connectivity index (χ1v) is 6.36. The summed E-state index contributed by atoms with van der Waals surface area (Å²) in [7, 11) is 0. The molecule has 2 N–H and O–H groups in total. The van der Waals surface area contributed by atoms with Crippen molar-refractivity contribution in [1.82, 2.24) is 0 Å². The zero-order valence-electron chi connectivity index (χ0n) is 9.45. The molecular formula is C13H8Cl3NO2. The van der Waals surface area contributed by atoms with E-state index in [-0.39, 0.29) is 16.3 Å². The number of para-hydroxylation sites is 1. The first-order chi connectivity index (χ1) is 8.99. The molecule has 0 atom stereocenters. The summed E-state index contributed by atoms with van der Waals surface area (Å²) >= 11 is 17.8. The van der Waals surface area contributed by atoms with Crippen molar-refractivity contribution in [2.45, 2.75) is 0 Å². The van der Waals surface area contributed by atoms with Crippen molar-refractivity contribution < 1.29 is 9.90 Å². The lowest BCUT2D eigenvalue weighted by molar-refractivity contribution is 0.102. The third-order valence-electron chi connectivity index (χ3n) is 2.40. The summed E-state index contributed by atoms with van der Waals surface area (Å²) in [6.45, 7) is 0. The molecule has 0 aliphatic heterocycles. The minimum absolute atomic E-state index is 0.0557. The fourth-order valence-corrected chi connectivity index (χ4v) is 2.18. The van der Waals surface area contributed by atoms with Crippen molar-refractivity contribution in [1.29, 1.82) is 0 Å². The van der Waals surface area contributed by atoms with Gasteiger partial charge in [0.2, 0.25) is 0 Å². The molecule has 0 unspecified atom stereocenters. The van der Waals surface area contributed by atoms with Gasteiger partial charge in [-0.2, -0.15) is 0 Å². The van der Waals surface area contributed by atoms with Gasteiger partial charge in [0, 0.05) is 0 Å². The molecule has 2 aromatic carbocycles. The number of amides is 1. The fourth-order valence-electron chi connectivity index (χ4n) is 1.49. The number of halogens is 3. The van der Waals surface area contributed by atoms with E-state index in [9.17, 15) is 9.90 Å². The molecule has 0 heterocycles. The number of phenols is 1. The van der Waals surface area contributed by atoms with E-state index >= 15 is 0 Å². The second-order valence-electron chi connectivity index (χ2n) is 3.71. The van der Waals surface area contributed by atoms with E-state index in [1.165, 1.54) is 18.2 Å². The molecule has 2 aromatic rings. The van der Waals surface area contributed by atoms with Crippen molar-refractivity contribution in [3.63, 3.8) is 0 Å². The SMILES string of the molecule is O=C(Nc1c(Cl)cccc1Cl)c1cc(O)ccc1Cl.